The van der Waals surface area contributed by atoms with E-state index >= 15 is 24.0 Å². The first-order valence-corrected chi connectivity index (χ1v) is 35.7. The molecule has 0 saturated heterocycles. The number of primary amides is 2. The lowest BCUT2D eigenvalue weighted by Crippen LogP contribution is -2.66. The molecular weight excluding hydrogens is 1480 g/mol. The number of phenols is 2. The van der Waals surface area contributed by atoms with Gasteiger partial charge in [-0.15, -0.1) is 0 Å². The number of nitrogens with one attached hydrogen (secondary N) is 12. The molecule has 0 aliphatic heterocycles. The summed E-state index contributed by atoms with van der Waals surface area (Å²) in [5.74, 6) is -24.6. The fraction of sp³-hybridized carbons (Fsp3) is 0.500. The minimum absolute atomic E-state index is 0.0232. The molecule has 3 aromatic carbocycles. The molecule has 0 heterocycles. The molecule has 3 rings (SSSR count). The Morgan fingerprint density at radius 1 is 0.336 bits per heavy atom. The molecular formula is C70H108N24O19. The smallest absolute Gasteiger partial charge is 0.251 e. The number of ketones is 8. The van der Waals surface area contributed by atoms with Crippen molar-refractivity contribution in [2.24, 2.45) is 68.8 Å². The van der Waals surface area contributed by atoms with Crippen LogP contribution < -0.4 is 133 Å². The summed E-state index contributed by atoms with van der Waals surface area (Å²) in [5.41, 5.74) is 71.7. The third-order valence-electron chi connectivity index (χ3n) is 17.8. The highest BCUT2D eigenvalue weighted by atomic mass is 16.3. The maximum Gasteiger partial charge on any atom is 0.251 e. The predicted octanol–water partition coefficient (Wildman–Crippen LogP) is -12.9. The van der Waals surface area contributed by atoms with Gasteiger partial charge in [0.2, 0.25) is 29.5 Å². The van der Waals surface area contributed by atoms with E-state index in [1.807, 2.05) is 10.6 Å². The van der Waals surface area contributed by atoms with Crippen LogP contribution in [0.1, 0.15) is 75.5 Å². The van der Waals surface area contributed by atoms with Crippen LogP contribution >= 0.6 is 0 Å². The number of nitrogens with two attached hydrogens (primary N) is 12. The number of phenolic OH excluding ortho intramolecular Hbond substituents is 2. The lowest BCUT2D eigenvalue weighted by Gasteiger charge is -2.29. The van der Waals surface area contributed by atoms with Crippen molar-refractivity contribution < 1.29 is 91.7 Å². The Kier molecular flexibility index (Phi) is 40.6. The molecule has 43 nitrogen and oxygen atoms in total. The second-order valence-electron chi connectivity index (χ2n) is 26.7. The van der Waals surface area contributed by atoms with Crippen molar-refractivity contribution in [2.45, 2.75) is 187 Å². The largest absolute Gasteiger partial charge is 0.508 e. The molecule has 113 heavy (non-hydrogen) atoms. The van der Waals surface area contributed by atoms with Crippen LogP contribution in [0.2, 0.25) is 0 Å². The van der Waals surface area contributed by atoms with E-state index in [0.717, 1.165) is 7.05 Å². The van der Waals surface area contributed by atoms with Gasteiger partial charge in [-0.3, -0.25) is 92.1 Å². The van der Waals surface area contributed by atoms with Crippen molar-refractivity contribution in [2.75, 3.05) is 34.2 Å². The first kappa shape index (κ1) is 96.4. The number of hydrogen-bond acceptors (Lipinski definition) is 34. The zero-order valence-electron chi connectivity index (χ0n) is 63.1. The Morgan fingerprint density at radius 2 is 0.628 bits per heavy atom. The van der Waals surface area contributed by atoms with Crippen molar-refractivity contribution in [1.29, 1.82) is 0 Å². The minimum atomic E-state index is -2.80. The van der Waals surface area contributed by atoms with Crippen LogP contribution in [0.3, 0.4) is 0 Å². The van der Waals surface area contributed by atoms with Gasteiger partial charge in [0.1, 0.15) is 42.2 Å². The topological polar surface area (TPSA) is 787 Å². The number of rotatable bonds is 54. The molecule has 16 atom stereocenters. The van der Waals surface area contributed by atoms with Gasteiger partial charge in [0, 0.05) is 19.3 Å². The highest BCUT2D eigenvalue weighted by Crippen LogP contribution is 2.16. The van der Waals surface area contributed by atoms with Gasteiger partial charge in [-0.1, -0.05) is 54.6 Å². The number of carbonyl (C=O) groups is 17. The quantitative estimate of drug-likeness (QED) is 0.0142. The normalized spacial score (nSPS) is 15.6. The number of likely N-dealkylation sites (N-methyl/N-ethyl adjacent to an activating group) is 3. The summed E-state index contributed by atoms with van der Waals surface area (Å²) >= 11 is 0. The van der Waals surface area contributed by atoms with E-state index < -0.39 is 241 Å². The van der Waals surface area contributed by atoms with Crippen LogP contribution in [0.5, 0.6) is 11.5 Å². The highest BCUT2D eigenvalue weighted by Gasteiger charge is 2.45. The van der Waals surface area contributed by atoms with Crippen molar-refractivity contribution >= 4 is 99.4 Å². The molecule has 0 aromatic heterocycles. The molecule has 0 saturated carbocycles. The van der Waals surface area contributed by atoms with E-state index in [4.69, 9.17) is 68.8 Å². The maximum atomic E-state index is 15.4. The third kappa shape index (κ3) is 31.7. The third-order valence-corrected chi connectivity index (χ3v) is 17.8. The average Bonchev–Trinajstić information content (AvgIpc) is 0.816. The van der Waals surface area contributed by atoms with E-state index in [-0.39, 0.29) is 67.8 Å². The SMILES string of the molecule is CNC(C(=O)NC(C(=O)NC(CC(=O)[C@H](C)NC)C(=O)NC(C(=O)NC(C(=O)NC(CC(=O)[C@H](C)NC)C(=O)NC(C(=O)NC(C(N)=O)C(=O)[C@@H](N)CCCNC(N)N)C(=O)[C@@H](N)CCCNC(N)N)C(=O)[C@@H](N)Cc1ccc(O)cc1)C(=O)[C@@H](N)Cc1ccc(O)cc1)C(=O)[C@@H](N)CC(N)=O)C(=O)[C@@H](N)Cc1ccccc1. The van der Waals surface area contributed by atoms with E-state index in [2.05, 4.69) is 53.2 Å². The molecule has 9 amide bonds. The zero-order valence-corrected chi connectivity index (χ0v) is 63.1. The van der Waals surface area contributed by atoms with Crippen molar-refractivity contribution in [1.82, 2.24) is 63.8 Å². The summed E-state index contributed by atoms with van der Waals surface area (Å²) in [6.07, 6.45) is -6.65. The Hall–Kier alpha value is -10.8. The standard InChI is InChI=1S/C70H108N24O19/c1-31(83-3)46(97)29-44(62(107)91-51(56(101)39(72)14-10-24-87-70(81)82)67(112)90-49(61(78)106)55(100)38(71)13-9-23-86-69(79)80)88-65(110)52(58(103)41(74)26-34-15-19-36(95)20-16-34)94-68(113)54(59(104)42(75)27-35-17-21-37(96)22-18-35)92-63(108)45(30-47(98)32(2)84-4)89-66(111)53(60(105)43(76)28-48(77)99)93-64(109)50(85-5)57(102)40(73)25-33-11-7-6-8-12-33/h6-8,11-12,15-22,31-32,38-45,49-54,69-70,83-87,95-96H,9-10,13-14,23-30,71-76,79-82H2,1-5H3,(H2,77,99)(H2,78,106)(H,88,110)(H,89,111)(H,90,112)(H,91,107)(H,92,108)(H,93,109)(H,94,113)/t31-,32-,38-,39-,40-,41-,42-,43-,44?,45?,49?,50?,51?,52?,53?,54?/m0/s1. The van der Waals surface area contributed by atoms with E-state index in [1.54, 1.807) is 30.3 Å². The zero-order chi connectivity index (χ0) is 85.3. The molecule has 0 fully saturated rings. The summed E-state index contributed by atoms with van der Waals surface area (Å²) in [5, 5.41) is 47.7. The first-order valence-electron chi connectivity index (χ1n) is 35.7. The summed E-state index contributed by atoms with van der Waals surface area (Å²) in [4.78, 5) is 243. The Bertz CT molecular complexity index is 3820. The number of carbonyl (C=O) groups excluding carboxylic acids is 17. The molecule has 0 aliphatic carbocycles. The van der Waals surface area contributed by atoms with Crippen molar-refractivity contribution in [3.8, 4) is 11.5 Å². The number of aromatic hydroxyl groups is 2. The summed E-state index contributed by atoms with van der Waals surface area (Å²) < 4.78 is 0. The molecule has 0 aliphatic rings. The van der Waals surface area contributed by atoms with Crippen LogP contribution in [0, 0.1) is 0 Å². The average molecular weight is 1590 g/mol. The van der Waals surface area contributed by atoms with E-state index in [9.17, 15) is 67.7 Å². The fourth-order valence-electron chi connectivity index (χ4n) is 10.9. The van der Waals surface area contributed by atoms with E-state index in [1.165, 1.54) is 76.5 Å². The van der Waals surface area contributed by atoms with Gasteiger partial charge in [0.15, 0.2) is 76.5 Å². The van der Waals surface area contributed by atoms with Crippen LogP contribution in [-0.4, -0.2) is 253 Å². The fourth-order valence-corrected chi connectivity index (χ4v) is 10.9. The molecule has 0 spiro atoms. The molecule has 43 heteroatoms. The lowest BCUT2D eigenvalue weighted by molar-refractivity contribution is -0.143. The highest BCUT2D eigenvalue weighted by molar-refractivity contribution is 6.19. The molecule has 3 aromatic rings. The van der Waals surface area contributed by atoms with Crippen LogP contribution in [0.4, 0.5) is 0 Å². The summed E-state index contributed by atoms with van der Waals surface area (Å²) in [6, 6.07) is -14.3. The second kappa shape index (κ2) is 47.6. The first-order chi connectivity index (χ1) is 53.1. The van der Waals surface area contributed by atoms with Gasteiger partial charge in [-0.05, 0) is 134 Å². The lowest BCUT2D eigenvalue weighted by atomic mass is 9.95. The molecule has 38 N–H and O–H groups in total. The van der Waals surface area contributed by atoms with Gasteiger partial charge in [0.25, 0.3) is 23.6 Å². The second-order valence-corrected chi connectivity index (χ2v) is 26.7. The minimum Gasteiger partial charge on any atom is -0.508 e. The van der Waals surface area contributed by atoms with Gasteiger partial charge >= 0.3 is 0 Å². The monoisotopic (exact) mass is 1590 g/mol. The van der Waals surface area contributed by atoms with E-state index in [0.29, 0.717) is 5.56 Å². The number of Topliss-reactive ketones (excluding diaryl/α,β-unsaturated/α-hetero) is 8. The molecule has 0 radical (unpaired) electrons. The Morgan fingerprint density at radius 3 is 0.956 bits per heavy atom. The van der Waals surface area contributed by atoms with Gasteiger partial charge in [-0.25, -0.2) is 0 Å². The Balaban J connectivity index is 2.36. The Labute approximate surface area is 650 Å². The molecule has 622 valence electrons. The molecule has 0 bridgehead atoms. The van der Waals surface area contributed by atoms with Crippen LogP contribution in [0.15, 0.2) is 78.9 Å². The summed E-state index contributed by atoms with van der Waals surface area (Å²) in [7, 11) is 3.78. The van der Waals surface area contributed by atoms with Gasteiger partial charge < -0.3 is 132 Å². The van der Waals surface area contributed by atoms with Crippen molar-refractivity contribution in [3.05, 3.63) is 95.6 Å². The van der Waals surface area contributed by atoms with Gasteiger partial charge in [-0.2, -0.15) is 0 Å². The van der Waals surface area contributed by atoms with Crippen LogP contribution in [0.25, 0.3) is 0 Å². The molecule has 8 unspecified atom stereocenters. The van der Waals surface area contributed by atoms with Gasteiger partial charge in [0.05, 0.1) is 48.3 Å². The number of benzene rings is 3. The van der Waals surface area contributed by atoms with Crippen LogP contribution in [-0.2, 0) is 101 Å². The van der Waals surface area contributed by atoms with Crippen molar-refractivity contribution in [3.63, 3.8) is 0 Å². The predicted molar refractivity (Wildman–Crippen MR) is 406 cm³/mol. The maximum absolute atomic E-state index is 15.4. The number of amides is 9. The summed E-state index contributed by atoms with van der Waals surface area (Å²) in [6.45, 7) is 2.75. The number of hydrogen-bond donors (Lipinski definition) is 26.